The predicted octanol–water partition coefficient (Wildman–Crippen LogP) is 3.97. The zero-order valence-electron chi connectivity index (χ0n) is 14.6. The summed E-state index contributed by atoms with van der Waals surface area (Å²) in [4.78, 5) is 21.5. The highest BCUT2D eigenvalue weighted by Crippen LogP contribution is 2.25. The molecule has 0 saturated carbocycles. The fourth-order valence-corrected chi connectivity index (χ4v) is 3.04. The maximum Gasteiger partial charge on any atom is 0.276 e. The Labute approximate surface area is 136 Å². The molecular formula is C19H23N3O. The van der Waals surface area contributed by atoms with Crippen LogP contribution >= 0.6 is 0 Å². The van der Waals surface area contributed by atoms with Crippen molar-refractivity contribution in [2.75, 3.05) is 0 Å². The zero-order valence-corrected chi connectivity index (χ0v) is 14.6. The van der Waals surface area contributed by atoms with E-state index in [0.717, 1.165) is 27.9 Å². The van der Waals surface area contributed by atoms with Gasteiger partial charge in [-0.2, -0.15) is 4.98 Å². The molecule has 0 aliphatic rings. The van der Waals surface area contributed by atoms with Crippen LogP contribution in [0.1, 0.15) is 57.5 Å². The van der Waals surface area contributed by atoms with Gasteiger partial charge in [0.1, 0.15) is 0 Å². The van der Waals surface area contributed by atoms with Crippen molar-refractivity contribution in [3.8, 4) is 0 Å². The number of fused-ring (bicyclic) bond motifs is 3. The van der Waals surface area contributed by atoms with Crippen molar-refractivity contribution >= 4 is 16.6 Å². The van der Waals surface area contributed by atoms with Crippen molar-refractivity contribution in [1.82, 2.24) is 14.4 Å². The second-order valence-electron chi connectivity index (χ2n) is 7.46. The Morgan fingerprint density at radius 3 is 2.39 bits per heavy atom. The fraction of sp³-hybridized carbons (Fsp3) is 0.421. The Kier molecular flexibility index (Phi) is 3.51. The van der Waals surface area contributed by atoms with E-state index >= 15 is 0 Å². The van der Waals surface area contributed by atoms with Crippen LogP contribution in [0.2, 0.25) is 0 Å². The summed E-state index contributed by atoms with van der Waals surface area (Å²) in [7, 11) is 0. The van der Waals surface area contributed by atoms with E-state index in [2.05, 4.69) is 25.8 Å². The predicted molar refractivity (Wildman–Crippen MR) is 94.3 cm³/mol. The van der Waals surface area contributed by atoms with Gasteiger partial charge in [0.2, 0.25) is 0 Å². The first-order chi connectivity index (χ1) is 10.7. The summed E-state index contributed by atoms with van der Waals surface area (Å²) < 4.78 is 2.00. The molecule has 3 aromatic rings. The van der Waals surface area contributed by atoms with Gasteiger partial charge in [0.05, 0.1) is 5.52 Å². The first-order valence-corrected chi connectivity index (χ1v) is 8.03. The summed E-state index contributed by atoms with van der Waals surface area (Å²) >= 11 is 0. The first-order valence-electron chi connectivity index (χ1n) is 8.03. The molecule has 3 heterocycles. The summed E-state index contributed by atoms with van der Waals surface area (Å²) in [5.41, 5.74) is 4.18. The molecule has 0 aliphatic heterocycles. The van der Waals surface area contributed by atoms with Crippen molar-refractivity contribution in [2.24, 2.45) is 0 Å². The van der Waals surface area contributed by atoms with Gasteiger partial charge in [0.25, 0.3) is 5.56 Å². The number of pyridine rings is 2. The highest BCUT2D eigenvalue weighted by atomic mass is 16.1. The van der Waals surface area contributed by atoms with Crippen molar-refractivity contribution in [3.05, 3.63) is 51.7 Å². The molecule has 120 valence electrons. The average Bonchev–Trinajstić information content (AvgIpc) is 2.45. The second kappa shape index (κ2) is 5.15. The molecule has 0 bridgehead atoms. The van der Waals surface area contributed by atoms with E-state index < -0.39 is 0 Å². The lowest BCUT2D eigenvalue weighted by Gasteiger charge is -2.19. The zero-order chi connectivity index (χ0) is 16.9. The van der Waals surface area contributed by atoms with E-state index in [0.29, 0.717) is 5.65 Å². The topological polar surface area (TPSA) is 47.3 Å². The van der Waals surface area contributed by atoms with Gasteiger partial charge in [-0.1, -0.05) is 34.6 Å². The number of aryl methyl sites for hydroxylation is 1. The molecule has 0 spiro atoms. The Morgan fingerprint density at radius 2 is 1.78 bits per heavy atom. The highest BCUT2D eigenvalue weighted by Gasteiger charge is 2.18. The van der Waals surface area contributed by atoms with Crippen LogP contribution in [0, 0.1) is 6.92 Å². The highest BCUT2D eigenvalue weighted by molar-refractivity contribution is 5.91. The van der Waals surface area contributed by atoms with Crippen LogP contribution in [0.15, 0.2) is 29.2 Å². The van der Waals surface area contributed by atoms with E-state index in [9.17, 15) is 4.79 Å². The van der Waals surface area contributed by atoms with Crippen molar-refractivity contribution < 1.29 is 0 Å². The minimum absolute atomic E-state index is 0.00910. The second-order valence-corrected chi connectivity index (χ2v) is 7.46. The van der Waals surface area contributed by atoms with E-state index in [1.165, 1.54) is 0 Å². The molecular weight excluding hydrogens is 286 g/mol. The largest absolute Gasteiger partial charge is 0.305 e. The molecule has 3 aromatic heterocycles. The Balaban J connectivity index is 2.39. The van der Waals surface area contributed by atoms with Crippen LogP contribution in [0.4, 0.5) is 0 Å². The third-order valence-corrected chi connectivity index (χ3v) is 4.31. The molecule has 0 atom stereocenters. The van der Waals surface area contributed by atoms with Crippen LogP contribution in [-0.4, -0.2) is 14.4 Å². The molecule has 23 heavy (non-hydrogen) atoms. The van der Waals surface area contributed by atoms with Crippen molar-refractivity contribution in [2.45, 2.75) is 52.9 Å². The molecule has 0 aromatic carbocycles. The van der Waals surface area contributed by atoms with Gasteiger partial charge in [0.15, 0.2) is 5.65 Å². The van der Waals surface area contributed by atoms with Gasteiger partial charge in [-0.25, -0.2) is 0 Å². The summed E-state index contributed by atoms with van der Waals surface area (Å²) in [6.45, 7) is 12.5. The lowest BCUT2D eigenvalue weighted by Crippen LogP contribution is -2.20. The van der Waals surface area contributed by atoms with Gasteiger partial charge >= 0.3 is 0 Å². The van der Waals surface area contributed by atoms with E-state index in [-0.39, 0.29) is 16.9 Å². The van der Waals surface area contributed by atoms with E-state index in [1.807, 2.05) is 49.6 Å². The van der Waals surface area contributed by atoms with Gasteiger partial charge in [-0.3, -0.25) is 9.78 Å². The van der Waals surface area contributed by atoms with Crippen LogP contribution in [0.3, 0.4) is 0 Å². The van der Waals surface area contributed by atoms with Crippen LogP contribution < -0.4 is 5.56 Å². The van der Waals surface area contributed by atoms with Gasteiger partial charge < -0.3 is 4.40 Å². The quantitative estimate of drug-likeness (QED) is 0.639. The third kappa shape index (κ3) is 2.52. The lowest BCUT2D eigenvalue weighted by molar-refractivity contribution is 0.571. The first kappa shape index (κ1) is 15.7. The summed E-state index contributed by atoms with van der Waals surface area (Å²) in [6, 6.07) is 6.06. The molecule has 0 amide bonds. The average molecular weight is 309 g/mol. The molecule has 0 fully saturated rings. The van der Waals surface area contributed by atoms with Crippen LogP contribution in [0.25, 0.3) is 16.6 Å². The van der Waals surface area contributed by atoms with Gasteiger partial charge in [0, 0.05) is 33.9 Å². The summed E-state index contributed by atoms with van der Waals surface area (Å²) in [5, 5.41) is 0.913. The number of hydrogen-bond acceptors (Lipinski definition) is 3. The smallest absolute Gasteiger partial charge is 0.276 e. The number of hydrogen-bond donors (Lipinski definition) is 0. The molecule has 4 nitrogen and oxygen atoms in total. The molecule has 3 rings (SSSR count). The van der Waals surface area contributed by atoms with Gasteiger partial charge in [-0.05, 0) is 31.0 Å². The summed E-state index contributed by atoms with van der Waals surface area (Å²) in [6.07, 6.45) is 1.96. The number of aromatic nitrogens is 3. The third-order valence-electron chi connectivity index (χ3n) is 4.31. The SMILES string of the molecule is Cc1c(C(C)C)c(=O)nc2c3ccc(C(C)(C)C)nc3ccn12. The Morgan fingerprint density at radius 1 is 1.09 bits per heavy atom. The maximum absolute atomic E-state index is 12.4. The molecule has 0 saturated heterocycles. The fourth-order valence-electron chi connectivity index (χ4n) is 3.04. The van der Waals surface area contributed by atoms with Gasteiger partial charge in [-0.15, -0.1) is 0 Å². The van der Waals surface area contributed by atoms with E-state index in [1.54, 1.807) is 0 Å². The Hall–Kier alpha value is -2.23. The van der Waals surface area contributed by atoms with Crippen LogP contribution in [0.5, 0.6) is 0 Å². The van der Waals surface area contributed by atoms with Crippen LogP contribution in [-0.2, 0) is 5.41 Å². The summed E-state index contributed by atoms with van der Waals surface area (Å²) in [5.74, 6) is 0.156. The van der Waals surface area contributed by atoms with E-state index in [4.69, 9.17) is 4.98 Å². The standard InChI is InChI=1S/C19H23N3O/c1-11(2)16-12(3)22-10-9-14-13(17(22)21-18(16)23)7-8-15(20-14)19(4,5)6/h7-11H,1-6H3. The molecule has 4 heteroatoms. The number of rotatable bonds is 1. The minimum Gasteiger partial charge on any atom is -0.305 e. The maximum atomic E-state index is 12.4. The normalized spacial score (nSPS) is 12.5. The molecule has 0 radical (unpaired) electrons. The van der Waals surface area contributed by atoms with Crippen molar-refractivity contribution in [3.63, 3.8) is 0 Å². The number of nitrogens with zero attached hydrogens (tertiary/aromatic N) is 3. The van der Waals surface area contributed by atoms with Crippen molar-refractivity contribution in [1.29, 1.82) is 0 Å². The monoisotopic (exact) mass is 309 g/mol. The lowest BCUT2D eigenvalue weighted by atomic mass is 9.91. The Bertz CT molecular complexity index is 962. The minimum atomic E-state index is -0.134. The molecule has 0 aliphatic carbocycles. The molecule has 0 N–H and O–H groups in total. The molecule has 0 unspecified atom stereocenters.